The molecule has 3 nitrogen and oxygen atoms in total. The van der Waals surface area contributed by atoms with Gasteiger partial charge in [-0.3, -0.25) is 4.79 Å². The van der Waals surface area contributed by atoms with E-state index in [0.29, 0.717) is 5.56 Å². The third-order valence-electron chi connectivity index (χ3n) is 1.55. The van der Waals surface area contributed by atoms with Crippen LogP contribution in [0.15, 0.2) is 30.3 Å². The van der Waals surface area contributed by atoms with Gasteiger partial charge < -0.3 is 5.73 Å². The maximum absolute atomic E-state index is 10.7. The van der Waals surface area contributed by atoms with Crippen LogP contribution >= 0.6 is 0 Å². The molecule has 0 aliphatic rings. The number of benzene rings is 1. The van der Waals surface area contributed by atoms with E-state index in [1.165, 1.54) is 0 Å². The van der Waals surface area contributed by atoms with Gasteiger partial charge in [-0.2, -0.15) is 5.26 Å². The van der Waals surface area contributed by atoms with Gasteiger partial charge in [0.1, 0.15) is 5.92 Å². The van der Waals surface area contributed by atoms with E-state index in [2.05, 4.69) is 0 Å². The summed E-state index contributed by atoms with van der Waals surface area (Å²) in [5.41, 5.74) is 5.66. The molecule has 3 heteroatoms. The van der Waals surface area contributed by atoms with Gasteiger partial charge in [-0.25, -0.2) is 0 Å². The van der Waals surface area contributed by atoms with E-state index in [4.69, 9.17) is 11.0 Å². The molecule has 0 aromatic heterocycles. The highest BCUT2D eigenvalue weighted by molar-refractivity contribution is 5.84. The van der Waals surface area contributed by atoms with Crippen LogP contribution in [-0.2, 0) is 4.79 Å². The number of carbonyl (C=O) groups is 1. The highest BCUT2D eigenvalue weighted by Gasteiger charge is 2.15. The van der Waals surface area contributed by atoms with E-state index in [0.717, 1.165) is 0 Å². The number of nitriles is 1. The Morgan fingerprint density at radius 1 is 1.42 bits per heavy atom. The van der Waals surface area contributed by atoms with Gasteiger partial charge in [-0.1, -0.05) is 30.3 Å². The van der Waals surface area contributed by atoms with Crippen LogP contribution in [0, 0.1) is 11.3 Å². The SMILES string of the molecule is N#C[C@@H](C(N)=O)c1ccccc1. The van der Waals surface area contributed by atoms with Crippen LogP contribution in [0.5, 0.6) is 0 Å². The zero-order valence-electron chi connectivity index (χ0n) is 6.40. The van der Waals surface area contributed by atoms with E-state index >= 15 is 0 Å². The summed E-state index contributed by atoms with van der Waals surface area (Å²) in [6, 6.07) is 10.6. The van der Waals surface area contributed by atoms with E-state index in [1.807, 2.05) is 12.1 Å². The Hall–Kier alpha value is -1.82. The van der Waals surface area contributed by atoms with Crippen molar-refractivity contribution in [2.75, 3.05) is 0 Å². The standard InChI is InChI=1S/C9H8N2O/c10-6-8(9(11)12)7-4-2-1-3-5-7/h1-5,8H,(H2,11,12)/t8-/m1/s1. The number of nitrogens with two attached hydrogens (primary N) is 1. The molecule has 0 aliphatic carbocycles. The zero-order chi connectivity index (χ0) is 8.97. The molecule has 0 saturated carbocycles. The van der Waals surface area contributed by atoms with Gasteiger partial charge in [0.05, 0.1) is 6.07 Å². The summed E-state index contributed by atoms with van der Waals surface area (Å²) >= 11 is 0. The van der Waals surface area contributed by atoms with Crippen molar-refractivity contribution in [3.63, 3.8) is 0 Å². The molecule has 1 rings (SSSR count). The largest absolute Gasteiger partial charge is 0.368 e. The van der Waals surface area contributed by atoms with Crippen LogP contribution in [0.2, 0.25) is 0 Å². The topological polar surface area (TPSA) is 66.9 Å². The normalized spacial score (nSPS) is 11.6. The molecule has 0 aliphatic heterocycles. The molecule has 0 heterocycles. The van der Waals surface area contributed by atoms with Gasteiger partial charge in [0.2, 0.25) is 5.91 Å². The number of carbonyl (C=O) groups excluding carboxylic acids is 1. The maximum atomic E-state index is 10.7. The molecule has 0 fully saturated rings. The van der Waals surface area contributed by atoms with Crippen LogP contribution in [0.4, 0.5) is 0 Å². The summed E-state index contributed by atoms with van der Waals surface area (Å²) < 4.78 is 0. The molecule has 12 heavy (non-hydrogen) atoms. The Labute approximate surface area is 70.4 Å². The highest BCUT2D eigenvalue weighted by atomic mass is 16.1. The molecule has 60 valence electrons. The Balaban J connectivity index is 2.98. The number of amides is 1. The molecule has 1 atom stereocenters. The fourth-order valence-electron chi connectivity index (χ4n) is 0.948. The van der Waals surface area contributed by atoms with Gasteiger partial charge in [0.15, 0.2) is 0 Å². The van der Waals surface area contributed by atoms with Crippen molar-refractivity contribution < 1.29 is 4.79 Å². The summed E-state index contributed by atoms with van der Waals surface area (Å²) in [4.78, 5) is 10.7. The molecule has 1 aromatic carbocycles. The Bertz CT molecular complexity index is 313. The lowest BCUT2D eigenvalue weighted by Gasteiger charge is -2.02. The third-order valence-corrected chi connectivity index (χ3v) is 1.55. The fourth-order valence-corrected chi connectivity index (χ4v) is 0.948. The predicted octanol–water partition coefficient (Wildman–Crippen LogP) is 0.779. The minimum Gasteiger partial charge on any atom is -0.368 e. The summed E-state index contributed by atoms with van der Waals surface area (Å²) in [5, 5.41) is 8.60. The fraction of sp³-hybridized carbons (Fsp3) is 0.111. The van der Waals surface area contributed by atoms with E-state index in [9.17, 15) is 4.79 Å². The molecular weight excluding hydrogens is 152 g/mol. The van der Waals surface area contributed by atoms with Crippen molar-refractivity contribution in [1.29, 1.82) is 5.26 Å². The van der Waals surface area contributed by atoms with Crippen molar-refractivity contribution >= 4 is 5.91 Å². The van der Waals surface area contributed by atoms with Crippen LogP contribution in [0.3, 0.4) is 0 Å². The molecule has 1 aromatic rings. The van der Waals surface area contributed by atoms with Gasteiger partial charge in [0, 0.05) is 0 Å². The summed E-state index contributed by atoms with van der Waals surface area (Å²) in [6.07, 6.45) is 0. The number of hydrogen-bond donors (Lipinski definition) is 1. The quantitative estimate of drug-likeness (QED) is 0.694. The summed E-state index contributed by atoms with van der Waals surface area (Å²) in [6.45, 7) is 0. The molecule has 0 radical (unpaired) electrons. The smallest absolute Gasteiger partial charge is 0.239 e. The Kier molecular flexibility index (Phi) is 2.44. The first-order chi connectivity index (χ1) is 5.75. The second-order valence-corrected chi connectivity index (χ2v) is 2.38. The predicted molar refractivity (Wildman–Crippen MR) is 44.0 cm³/mol. The van der Waals surface area contributed by atoms with Crippen molar-refractivity contribution in [3.05, 3.63) is 35.9 Å². The lowest BCUT2D eigenvalue weighted by atomic mass is 10.0. The molecule has 0 spiro atoms. The first kappa shape index (κ1) is 8.28. The summed E-state index contributed by atoms with van der Waals surface area (Å²) in [7, 11) is 0. The van der Waals surface area contributed by atoms with E-state index in [-0.39, 0.29) is 0 Å². The first-order valence-corrected chi connectivity index (χ1v) is 3.49. The van der Waals surface area contributed by atoms with Crippen LogP contribution in [-0.4, -0.2) is 5.91 Å². The van der Waals surface area contributed by atoms with E-state index in [1.54, 1.807) is 24.3 Å². The zero-order valence-corrected chi connectivity index (χ0v) is 6.40. The molecule has 0 saturated heterocycles. The number of rotatable bonds is 2. The first-order valence-electron chi connectivity index (χ1n) is 3.49. The van der Waals surface area contributed by atoms with Crippen molar-refractivity contribution in [1.82, 2.24) is 0 Å². The second-order valence-electron chi connectivity index (χ2n) is 2.38. The van der Waals surface area contributed by atoms with Gasteiger partial charge >= 0.3 is 0 Å². The number of hydrogen-bond acceptors (Lipinski definition) is 2. The summed E-state index contributed by atoms with van der Waals surface area (Å²) in [5.74, 6) is -1.44. The van der Waals surface area contributed by atoms with Crippen molar-refractivity contribution in [2.24, 2.45) is 5.73 Å². The van der Waals surface area contributed by atoms with Gasteiger partial charge in [-0.05, 0) is 5.56 Å². The highest BCUT2D eigenvalue weighted by Crippen LogP contribution is 2.12. The lowest BCUT2D eigenvalue weighted by Crippen LogP contribution is -2.19. The molecule has 1 amide bonds. The average molecular weight is 160 g/mol. The van der Waals surface area contributed by atoms with Gasteiger partial charge in [-0.15, -0.1) is 0 Å². The molecular formula is C9H8N2O. The lowest BCUT2D eigenvalue weighted by molar-refractivity contribution is -0.118. The second kappa shape index (κ2) is 3.54. The van der Waals surface area contributed by atoms with Gasteiger partial charge in [0.25, 0.3) is 0 Å². The Morgan fingerprint density at radius 2 is 2.00 bits per heavy atom. The maximum Gasteiger partial charge on any atom is 0.239 e. The molecule has 0 unspecified atom stereocenters. The monoisotopic (exact) mass is 160 g/mol. The average Bonchev–Trinajstić information content (AvgIpc) is 2.07. The van der Waals surface area contributed by atoms with Crippen LogP contribution in [0.25, 0.3) is 0 Å². The minimum atomic E-state index is -0.828. The Morgan fingerprint density at radius 3 is 2.42 bits per heavy atom. The van der Waals surface area contributed by atoms with E-state index < -0.39 is 11.8 Å². The van der Waals surface area contributed by atoms with Crippen molar-refractivity contribution in [3.8, 4) is 6.07 Å². The number of nitrogens with zero attached hydrogens (tertiary/aromatic N) is 1. The minimum absolute atomic E-state index is 0.608. The van der Waals surface area contributed by atoms with Crippen LogP contribution in [0.1, 0.15) is 11.5 Å². The molecule has 2 N–H and O–H groups in total. The molecule has 0 bridgehead atoms. The van der Waals surface area contributed by atoms with Crippen molar-refractivity contribution in [2.45, 2.75) is 5.92 Å². The third kappa shape index (κ3) is 1.61. The number of primary amides is 1. The van der Waals surface area contributed by atoms with Crippen LogP contribution < -0.4 is 5.73 Å².